The molecule has 0 amide bonds. The van der Waals surface area contributed by atoms with Gasteiger partial charge in [-0.3, -0.25) is 0 Å². The van der Waals surface area contributed by atoms with Gasteiger partial charge in [-0.2, -0.15) is 10.2 Å². The van der Waals surface area contributed by atoms with Gasteiger partial charge in [-0.25, -0.2) is 9.97 Å². The third kappa shape index (κ3) is 2.79. The first-order valence-corrected chi connectivity index (χ1v) is 5.24. The fraction of sp³-hybridized carbons (Fsp3) is 0.200. The van der Waals surface area contributed by atoms with Crippen LogP contribution in [0.4, 0.5) is 5.82 Å². The molecule has 0 bridgehead atoms. The molecular weight excluding hydrogens is 242 g/mol. The Labute approximate surface area is 103 Å². The van der Waals surface area contributed by atoms with E-state index in [2.05, 4.69) is 25.5 Å². The highest BCUT2D eigenvalue weighted by atomic mass is 35.5. The molecule has 2 heterocycles. The minimum absolute atomic E-state index is 0.268. The highest BCUT2D eigenvalue weighted by molar-refractivity contribution is 6.31. The van der Waals surface area contributed by atoms with Crippen LogP contribution in [-0.2, 0) is 6.54 Å². The van der Waals surface area contributed by atoms with E-state index in [1.165, 1.54) is 13.4 Å². The van der Waals surface area contributed by atoms with E-state index < -0.39 is 0 Å². The van der Waals surface area contributed by atoms with Crippen LogP contribution in [0, 0.1) is 0 Å². The average molecular weight is 252 g/mol. The van der Waals surface area contributed by atoms with Crippen molar-refractivity contribution in [2.75, 3.05) is 12.4 Å². The SMILES string of the molecule is COc1c(Cl)ncnc1NCc1cccnn1. The summed E-state index contributed by atoms with van der Waals surface area (Å²) in [6.07, 6.45) is 2.98. The highest BCUT2D eigenvalue weighted by Crippen LogP contribution is 2.28. The molecule has 1 N–H and O–H groups in total. The van der Waals surface area contributed by atoms with Gasteiger partial charge in [0.05, 0.1) is 19.3 Å². The molecule has 6 nitrogen and oxygen atoms in total. The molecule has 0 saturated heterocycles. The topological polar surface area (TPSA) is 72.8 Å². The molecule has 0 aromatic carbocycles. The van der Waals surface area contributed by atoms with Gasteiger partial charge in [0.15, 0.2) is 16.7 Å². The molecule has 2 aromatic rings. The molecule has 0 radical (unpaired) electrons. The number of hydrogen-bond donors (Lipinski definition) is 1. The molecule has 2 rings (SSSR count). The first-order chi connectivity index (χ1) is 8.31. The monoisotopic (exact) mass is 251 g/mol. The molecule has 0 aliphatic rings. The van der Waals surface area contributed by atoms with Crippen LogP contribution in [0.25, 0.3) is 0 Å². The zero-order valence-corrected chi connectivity index (χ0v) is 9.85. The maximum absolute atomic E-state index is 5.87. The number of nitrogens with zero attached hydrogens (tertiary/aromatic N) is 4. The Hall–Kier alpha value is -1.95. The van der Waals surface area contributed by atoms with Gasteiger partial charge < -0.3 is 10.1 Å². The van der Waals surface area contributed by atoms with Crippen molar-refractivity contribution in [1.82, 2.24) is 20.2 Å². The molecule has 0 saturated carbocycles. The number of hydrogen-bond acceptors (Lipinski definition) is 6. The van der Waals surface area contributed by atoms with E-state index in [0.29, 0.717) is 18.1 Å². The van der Waals surface area contributed by atoms with E-state index in [4.69, 9.17) is 16.3 Å². The third-order valence-corrected chi connectivity index (χ3v) is 2.30. The quantitative estimate of drug-likeness (QED) is 0.831. The highest BCUT2D eigenvalue weighted by Gasteiger charge is 2.09. The largest absolute Gasteiger partial charge is 0.490 e. The summed E-state index contributed by atoms with van der Waals surface area (Å²) in [5.74, 6) is 0.941. The summed E-state index contributed by atoms with van der Waals surface area (Å²) in [6.45, 7) is 0.484. The zero-order valence-electron chi connectivity index (χ0n) is 9.09. The van der Waals surface area contributed by atoms with Gasteiger partial charge in [0, 0.05) is 6.20 Å². The molecule has 7 heteroatoms. The van der Waals surface area contributed by atoms with E-state index in [1.54, 1.807) is 6.20 Å². The van der Waals surface area contributed by atoms with Crippen molar-refractivity contribution in [2.45, 2.75) is 6.54 Å². The fourth-order valence-corrected chi connectivity index (χ4v) is 1.47. The molecule has 17 heavy (non-hydrogen) atoms. The van der Waals surface area contributed by atoms with Crippen LogP contribution < -0.4 is 10.1 Å². The predicted octanol–water partition coefficient (Wildman–Crippen LogP) is 1.54. The summed E-state index contributed by atoms with van der Waals surface area (Å²) < 4.78 is 5.11. The Bertz CT molecular complexity index is 493. The Balaban J connectivity index is 2.12. The number of rotatable bonds is 4. The van der Waals surface area contributed by atoms with Crippen molar-refractivity contribution in [3.05, 3.63) is 35.5 Å². The van der Waals surface area contributed by atoms with E-state index in [-0.39, 0.29) is 5.15 Å². The second-order valence-corrected chi connectivity index (χ2v) is 3.47. The number of aromatic nitrogens is 4. The number of halogens is 1. The van der Waals surface area contributed by atoms with Gasteiger partial charge in [-0.15, -0.1) is 0 Å². The van der Waals surface area contributed by atoms with Crippen LogP contribution >= 0.6 is 11.6 Å². The summed E-state index contributed by atoms with van der Waals surface area (Å²) in [5, 5.41) is 11.0. The molecule has 0 aliphatic carbocycles. The predicted molar refractivity (Wildman–Crippen MR) is 63.0 cm³/mol. The van der Waals surface area contributed by atoms with Crippen molar-refractivity contribution in [3.8, 4) is 5.75 Å². The van der Waals surface area contributed by atoms with Crippen molar-refractivity contribution in [3.63, 3.8) is 0 Å². The van der Waals surface area contributed by atoms with E-state index in [1.807, 2.05) is 12.1 Å². The number of methoxy groups -OCH3 is 1. The number of anilines is 1. The van der Waals surface area contributed by atoms with Gasteiger partial charge in [-0.1, -0.05) is 11.6 Å². The van der Waals surface area contributed by atoms with Gasteiger partial charge in [-0.05, 0) is 12.1 Å². The molecule has 0 aliphatic heterocycles. The molecule has 0 unspecified atom stereocenters. The van der Waals surface area contributed by atoms with E-state index in [9.17, 15) is 0 Å². The van der Waals surface area contributed by atoms with Crippen LogP contribution in [0.15, 0.2) is 24.7 Å². The normalized spacial score (nSPS) is 10.0. The maximum atomic E-state index is 5.87. The van der Waals surface area contributed by atoms with Gasteiger partial charge in [0.1, 0.15) is 6.33 Å². The number of ether oxygens (including phenoxy) is 1. The molecule has 0 fully saturated rings. The summed E-state index contributed by atoms with van der Waals surface area (Å²) >= 11 is 5.87. The first kappa shape index (κ1) is 11.5. The lowest BCUT2D eigenvalue weighted by molar-refractivity contribution is 0.413. The molecular formula is C10H10ClN5O. The van der Waals surface area contributed by atoms with Gasteiger partial charge in [0.2, 0.25) is 0 Å². The lowest BCUT2D eigenvalue weighted by Gasteiger charge is -2.09. The smallest absolute Gasteiger partial charge is 0.198 e. The number of nitrogens with one attached hydrogen (secondary N) is 1. The van der Waals surface area contributed by atoms with E-state index >= 15 is 0 Å². The second-order valence-electron chi connectivity index (χ2n) is 3.11. The summed E-state index contributed by atoms with van der Waals surface area (Å²) in [4.78, 5) is 7.87. The molecule has 0 atom stereocenters. The molecule has 0 spiro atoms. The van der Waals surface area contributed by atoms with E-state index in [0.717, 1.165) is 5.69 Å². The van der Waals surface area contributed by atoms with Crippen LogP contribution in [0.2, 0.25) is 5.15 Å². The Morgan fingerprint density at radius 2 is 2.29 bits per heavy atom. The Morgan fingerprint density at radius 1 is 1.41 bits per heavy atom. The van der Waals surface area contributed by atoms with Gasteiger partial charge in [0.25, 0.3) is 0 Å². The third-order valence-electron chi connectivity index (χ3n) is 2.03. The van der Waals surface area contributed by atoms with Crippen LogP contribution in [0.3, 0.4) is 0 Å². The average Bonchev–Trinajstić information content (AvgIpc) is 2.37. The van der Waals surface area contributed by atoms with Crippen molar-refractivity contribution < 1.29 is 4.74 Å². The fourth-order valence-electron chi connectivity index (χ4n) is 1.26. The minimum atomic E-state index is 0.268. The first-order valence-electron chi connectivity index (χ1n) is 4.86. The Kier molecular flexibility index (Phi) is 3.66. The lowest BCUT2D eigenvalue weighted by atomic mass is 10.4. The van der Waals surface area contributed by atoms with Crippen LogP contribution in [0.5, 0.6) is 5.75 Å². The molecule has 88 valence electrons. The summed E-state index contributed by atoms with van der Waals surface area (Å²) in [6, 6.07) is 3.67. The van der Waals surface area contributed by atoms with Crippen LogP contribution in [-0.4, -0.2) is 27.3 Å². The van der Waals surface area contributed by atoms with Gasteiger partial charge >= 0.3 is 0 Å². The lowest BCUT2D eigenvalue weighted by Crippen LogP contribution is -2.06. The Morgan fingerprint density at radius 3 is 3.00 bits per heavy atom. The standard InChI is InChI=1S/C10H10ClN5O/c1-17-8-9(11)13-6-14-10(8)12-5-7-3-2-4-15-16-7/h2-4,6H,5H2,1H3,(H,12,13,14). The molecule has 2 aromatic heterocycles. The van der Waals surface area contributed by atoms with Crippen molar-refractivity contribution >= 4 is 17.4 Å². The van der Waals surface area contributed by atoms with Crippen molar-refractivity contribution in [1.29, 1.82) is 0 Å². The minimum Gasteiger partial charge on any atom is -0.490 e. The maximum Gasteiger partial charge on any atom is 0.198 e. The van der Waals surface area contributed by atoms with Crippen molar-refractivity contribution in [2.24, 2.45) is 0 Å². The zero-order chi connectivity index (χ0) is 12.1. The van der Waals surface area contributed by atoms with Crippen LogP contribution in [0.1, 0.15) is 5.69 Å². The second kappa shape index (κ2) is 5.40. The summed E-state index contributed by atoms with van der Waals surface area (Å²) in [5.41, 5.74) is 0.796. The summed E-state index contributed by atoms with van der Waals surface area (Å²) in [7, 11) is 1.51.